The fraction of sp³-hybridized carbons (Fsp3) is 0.215. The maximum atomic E-state index is 16.2. The third-order valence-electron chi connectivity index (χ3n) is 17.8. The number of ether oxygens (including phenoxy) is 10. The minimum absolute atomic E-state index is 0.0237. The number of aryl methyl sites for hydroxylation is 1. The van der Waals surface area contributed by atoms with Gasteiger partial charge in [-0.1, -0.05) is 84.9 Å². The first-order chi connectivity index (χ1) is 48.0. The molecule has 4 aliphatic rings. The van der Waals surface area contributed by atoms with Crippen molar-refractivity contribution in [3.05, 3.63) is 222 Å². The van der Waals surface area contributed by atoms with Crippen LogP contribution in [0.3, 0.4) is 0 Å². The molecule has 4 aliphatic heterocycles. The third-order valence-corrected chi connectivity index (χ3v) is 17.8. The van der Waals surface area contributed by atoms with Crippen molar-refractivity contribution in [2.45, 2.75) is 63.8 Å². The molecule has 2 saturated heterocycles. The molecule has 98 heavy (non-hydrogen) atoms. The lowest BCUT2D eigenvalue weighted by atomic mass is 9.80. The minimum atomic E-state index is -1.54. The number of imide groups is 2. The summed E-state index contributed by atoms with van der Waals surface area (Å²) >= 11 is 0. The van der Waals surface area contributed by atoms with Crippen LogP contribution < -0.4 is 33.7 Å². The Morgan fingerprint density at radius 2 is 0.765 bits per heavy atom. The first kappa shape index (κ1) is 62.9. The molecule has 15 rings (SSSR count). The molecule has 1 N–H and O–H groups in total. The molecule has 4 unspecified atom stereocenters. The van der Waals surface area contributed by atoms with E-state index >= 15 is 19.2 Å². The molecule has 19 heteroatoms. The average Bonchev–Trinajstić information content (AvgIpc) is 0.817. The largest absolute Gasteiger partial charge is 0.457 e. The summed E-state index contributed by atoms with van der Waals surface area (Å²) in [5.74, 6) is -3.16. The highest BCUT2D eigenvalue weighted by atomic mass is 16.6. The van der Waals surface area contributed by atoms with Gasteiger partial charge in [-0.3, -0.25) is 29.0 Å². The van der Waals surface area contributed by atoms with Gasteiger partial charge in [-0.05, 0) is 141 Å². The second-order valence-corrected chi connectivity index (χ2v) is 24.2. The Morgan fingerprint density at radius 1 is 0.429 bits per heavy atom. The molecular formula is C79H65N3O16. The van der Waals surface area contributed by atoms with Crippen LogP contribution in [0.1, 0.15) is 80.1 Å². The highest BCUT2D eigenvalue weighted by molar-refractivity contribution is 6.45. The molecule has 11 aromatic rings. The van der Waals surface area contributed by atoms with Crippen LogP contribution in [-0.2, 0) is 35.0 Å². The topological polar surface area (TPSA) is 220 Å². The van der Waals surface area contributed by atoms with E-state index < -0.39 is 47.7 Å². The van der Waals surface area contributed by atoms with Gasteiger partial charge in [-0.2, -0.15) is 0 Å². The number of amides is 4. The van der Waals surface area contributed by atoms with Crippen molar-refractivity contribution in [2.75, 3.05) is 51.5 Å². The lowest BCUT2D eigenvalue weighted by Crippen LogP contribution is -2.52. The summed E-state index contributed by atoms with van der Waals surface area (Å²) < 4.78 is 62.9. The van der Waals surface area contributed by atoms with Crippen LogP contribution in [0.5, 0.6) is 57.5 Å². The number of benzene rings is 11. The van der Waals surface area contributed by atoms with E-state index in [9.17, 15) is 9.59 Å². The van der Waals surface area contributed by atoms with Gasteiger partial charge in [0.25, 0.3) is 23.6 Å². The molecule has 2 fully saturated rings. The van der Waals surface area contributed by atoms with Crippen molar-refractivity contribution in [1.82, 2.24) is 9.80 Å². The molecule has 0 spiro atoms. The summed E-state index contributed by atoms with van der Waals surface area (Å²) in [7, 11) is 0. The normalized spacial score (nSPS) is 16.0. The number of hydrogen-bond donors (Lipinski definition) is 1. The number of nitrogens with zero attached hydrogens (tertiary/aromatic N) is 2. The van der Waals surface area contributed by atoms with Crippen LogP contribution in [0.25, 0.3) is 43.1 Å². The Balaban J connectivity index is 0.983. The number of para-hydroxylation sites is 4. The summed E-state index contributed by atoms with van der Waals surface area (Å²) in [4.78, 5) is 96.4. The van der Waals surface area contributed by atoms with Gasteiger partial charge in [0.15, 0.2) is 0 Å². The highest BCUT2D eigenvalue weighted by Crippen LogP contribution is 2.58. The number of fused-ring (bicyclic) bond motifs is 2. The lowest BCUT2D eigenvalue weighted by molar-refractivity contribution is -0.140. The summed E-state index contributed by atoms with van der Waals surface area (Å²) in [6.45, 7) is 6.11. The van der Waals surface area contributed by atoms with Gasteiger partial charge in [0.1, 0.15) is 69.6 Å². The van der Waals surface area contributed by atoms with Crippen molar-refractivity contribution in [2.24, 2.45) is 0 Å². The second-order valence-electron chi connectivity index (χ2n) is 24.2. The van der Waals surface area contributed by atoms with Crippen LogP contribution in [0, 0.1) is 0 Å². The van der Waals surface area contributed by atoms with E-state index in [1.54, 1.807) is 159 Å². The van der Waals surface area contributed by atoms with Crippen LogP contribution in [0.4, 0.5) is 5.69 Å². The van der Waals surface area contributed by atoms with Crippen LogP contribution in [0.2, 0.25) is 0 Å². The van der Waals surface area contributed by atoms with Crippen molar-refractivity contribution in [3.63, 3.8) is 0 Å². The molecular weight excluding hydrogens is 1250 g/mol. The molecule has 0 bridgehead atoms. The fourth-order valence-corrected chi connectivity index (χ4v) is 13.0. The van der Waals surface area contributed by atoms with Crippen molar-refractivity contribution < 1.29 is 76.1 Å². The summed E-state index contributed by atoms with van der Waals surface area (Å²) in [5, 5.41) is 5.23. The standard InChI is InChI=1S/C79H65N3O16/c1-3-89-37-35-60(78(87)97-52-30-25-46(26-31-52)27-32-54-44-91-54)81-74(83)56-39-62(93-48-17-9-5-10-18-48)68-70-64(95-50-21-13-7-14-22-50)41-58-67-59(77(86)82(76(58)85)61(36-38-90-4-2)79(88)98-53-33-28-47(29-34-53)80-43-55-45-92-55)42-65(96-51-23-15-8-16-24-51)71(73(67)70)69-63(94-49-19-11-6-12-20-49)40-57(75(81)84)66(56)72(68)69/h5-26,28-31,33-34,39-42,54-55,60-61,80H,3-4,27,32,35-38,43-45H2,1-2H3. The molecule has 4 atom stereocenters. The monoisotopic (exact) mass is 1310 g/mol. The van der Waals surface area contributed by atoms with E-state index in [-0.39, 0.29) is 151 Å². The van der Waals surface area contributed by atoms with Gasteiger partial charge in [-0.15, -0.1) is 0 Å². The predicted octanol–water partition coefficient (Wildman–Crippen LogP) is 15.0. The average molecular weight is 1310 g/mol. The molecule has 19 nitrogen and oxygen atoms in total. The Bertz CT molecular complexity index is 4360. The second kappa shape index (κ2) is 27.1. The van der Waals surface area contributed by atoms with Crippen LogP contribution >= 0.6 is 0 Å². The minimum Gasteiger partial charge on any atom is -0.457 e. The van der Waals surface area contributed by atoms with E-state index in [1.807, 2.05) is 36.4 Å². The SMILES string of the molecule is CCOCCC(C(=O)Oc1ccc(CCC2CO2)cc1)N1C(=O)c2cc(Oc3ccccc3)c3c4c(Oc5ccccc5)cc5c6c(cc(Oc7ccccc7)c(c7c(Oc8ccccc8)cc(c2c37)C1=O)c64)C(=O)N(C(CCOCC)C(=O)Oc1ccc(NCC2CO2)cc1)C5=O. The van der Waals surface area contributed by atoms with Gasteiger partial charge in [0.2, 0.25) is 0 Å². The third kappa shape index (κ3) is 12.4. The molecule has 492 valence electrons. The number of rotatable bonds is 28. The van der Waals surface area contributed by atoms with Gasteiger partial charge in [-0.25, -0.2) is 9.59 Å². The van der Waals surface area contributed by atoms with Crippen molar-refractivity contribution in [3.8, 4) is 57.5 Å². The first-order valence-corrected chi connectivity index (χ1v) is 32.8. The molecule has 0 saturated carbocycles. The Hall–Kier alpha value is -11.2. The predicted molar refractivity (Wildman–Crippen MR) is 365 cm³/mol. The summed E-state index contributed by atoms with van der Waals surface area (Å²) in [6, 6.07) is 52.5. The van der Waals surface area contributed by atoms with E-state index in [1.165, 1.54) is 12.1 Å². The zero-order valence-corrected chi connectivity index (χ0v) is 53.5. The van der Waals surface area contributed by atoms with E-state index in [0.29, 0.717) is 36.1 Å². The van der Waals surface area contributed by atoms with Gasteiger partial charge in [0.05, 0.1) is 47.7 Å². The number of nitrogens with one attached hydrogen (secondary N) is 1. The van der Waals surface area contributed by atoms with E-state index in [4.69, 9.17) is 47.4 Å². The zero-order valence-electron chi connectivity index (χ0n) is 53.5. The number of epoxide rings is 2. The highest BCUT2D eigenvalue weighted by Gasteiger charge is 2.47. The molecule has 4 amide bonds. The molecule has 0 aromatic heterocycles. The Labute approximate surface area is 562 Å². The smallest absolute Gasteiger partial charge is 0.334 e. The van der Waals surface area contributed by atoms with Crippen LogP contribution in [-0.4, -0.2) is 116 Å². The van der Waals surface area contributed by atoms with E-state index in [2.05, 4.69) is 5.32 Å². The van der Waals surface area contributed by atoms with Gasteiger partial charge >= 0.3 is 11.9 Å². The van der Waals surface area contributed by atoms with E-state index in [0.717, 1.165) is 40.5 Å². The number of carbonyl (C=O) groups excluding carboxylic acids is 6. The Morgan fingerprint density at radius 3 is 1.09 bits per heavy atom. The molecule has 0 radical (unpaired) electrons. The summed E-state index contributed by atoms with van der Waals surface area (Å²) in [6.07, 6.45) is 1.69. The number of carbonyl (C=O) groups is 6. The number of esters is 2. The number of anilines is 1. The van der Waals surface area contributed by atoms with Gasteiger partial charge in [0, 0.05) is 94.6 Å². The summed E-state index contributed by atoms with van der Waals surface area (Å²) in [5.41, 5.74) is 1.68. The molecule has 11 aromatic carbocycles. The van der Waals surface area contributed by atoms with Gasteiger partial charge < -0.3 is 52.7 Å². The van der Waals surface area contributed by atoms with Crippen molar-refractivity contribution >= 4 is 84.3 Å². The Kier molecular flexibility index (Phi) is 17.4. The fourth-order valence-electron chi connectivity index (χ4n) is 13.0. The maximum Gasteiger partial charge on any atom is 0.334 e. The lowest BCUT2D eigenvalue weighted by Gasteiger charge is -2.35. The first-order valence-electron chi connectivity index (χ1n) is 32.8. The molecule has 4 heterocycles. The zero-order chi connectivity index (χ0) is 67.0. The van der Waals surface area contributed by atoms with Crippen LogP contribution in [0.15, 0.2) is 194 Å². The van der Waals surface area contributed by atoms with Crippen molar-refractivity contribution in [1.29, 1.82) is 0 Å². The maximum absolute atomic E-state index is 16.2. The number of hydrogen-bond acceptors (Lipinski definition) is 17. The quantitative estimate of drug-likeness (QED) is 0.00916. The molecule has 0 aliphatic carbocycles.